The number of anilines is 1. The van der Waals surface area contributed by atoms with Gasteiger partial charge in [-0.05, 0) is 31.2 Å². The predicted octanol–water partition coefficient (Wildman–Crippen LogP) is 2.72. The molecule has 2 rings (SSSR count). The van der Waals surface area contributed by atoms with Crippen molar-refractivity contribution in [3.8, 4) is 6.07 Å². The van der Waals surface area contributed by atoms with Crippen molar-refractivity contribution in [1.29, 1.82) is 5.26 Å². The van der Waals surface area contributed by atoms with Gasteiger partial charge in [0, 0.05) is 6.20 Å². The standard InChI is InChI=1S/C12H11N3O/c1-9(11-3-2-6-16-11)15-12-5-4-10(7-13)8-14-12/h2-6,8-9H,1H3,(H,14,15). The molecular weight excluding hydrogens is 202 g/mol. The van der Waals surface area contributed by atoms with Crippen molar-refractivity contribution >= 4 is 5.82 Å². The van der Waals surface area contributed by atoms with Crippen molar-refractivity contribution in [2.24, 2.45) is 0 Å². The van der Waals surface area contributed by atoms with Gasteiger partial charge in [0.25, 0.3) is 0 Å². The van der Waals surface area contributed by atoms with E-state index in [1.807, 2.05) is 25.1 Å². The van der Waals surface area contributed by atoms with Gasteiger partial charge in [0.2, 0.25) is 0 Å². The van der Waals surface area contributed by atoms with Crippen LogP contribution < -0.4 is 5.32 Å². The van der Waals surface area contributed by atoms with Crippen LogP contribution in [0.5, 0.6) is 0 Å². The maximum atomic E-state index is 8.64. The van der Waals surface area contributed by atoms with Crippen molar-refractivity contribution in [3.05, 3.63) is 48.0 Å². The second-order valence-electron chi connectivity index (χ2n) is 3.43. The molecule has 0 aromatic carbocycles. The average molecular weight is 213 g/mol. The van der Waals surface area contributed by atoms with E-state index in [1.165, 1.54) is 6.20 Å². The number of nitrogens with zero attached hydrogens (tertiary/aromatic N) is 2. The molecule has 4 heteroatoms. The van der Waals surface area contributed by atoms with Crippen molar-refractivity contribution in [2.45, 2.75) is 13.0 Å². The molecule has 0 saturated carbocycles. The van der Waals surface area contributed by atoms with E-state index in [2.05, 4.69) is 10.3 Å². The maximum Gasteiger partial charge on any atom is 0.126 e. The van der Waals surface area contributed by atoms with Gasteiger partial charge in [-0.1, -0.05) is 0 Å². The molecule has 0 aliphatic carbocycles. The molecule has 0 spiro atoms. The summed E-state index contributed by atoms with van der Waals surface area (Å²) in [7, 11) is 0. The van der Waals surface area contributed by atoms with E-state index in [4.69, 9.17) is 9.68 Å². The molecule has 0 fully saturated rings. The first kappa shape index (κ1) is 10.2. The number of nitrogens with one attached hydrogen (secondary N) is 1. The van der Waals surface area contributed by atoms with Crippen LogP contribution in [0.15, 0.2) is 41.1 Å². The highest BCUT2D eigenvalue weighted by molar-refractivity contribution is 5.40. The Hall–Kier alpha value is -2.28. The first-order valence-electron chi connectivity index (χ1n) is 4.95. The monoisotopic (exact) mass is 213 g/mol. The molecule has 2 aromatic heterocycles. The molecule has 0 aliphatic heterocycles. The quantitative estimate of drug-likeness (QED) is 0.851. The summed E-state index contributed by atoms with van der Waals surface area (Å²) in [5.41, 5.74) is 0.552. The van der Waals surface area contributed by atoms with Gasteiger partial charge in [0.1, 0.15) is 17.6 Å². The molecule has 1 N–H and O–H groups in total. The number of rotatable bonds is 3. The van der Waals surface area contributed by atoms with Gasteiger partial charge >= 0.3 is 0 Å². The van der Waals surface area contributed by atoms with Crippen LogP contribution in [0.3, 0.4) is 0 Å². The molecule has 1 atom stereocenters. The van der Waals surface area contributed by atoms with Crippen LogP contribution in [0, 0.1) is 11.3 Å². The van der Waals surface area contributed by atoms with Crippen LogP contribution in [-0.4, -0.2) is 4.98 Å². The minimum atomic E-state index is 0.0513. The van der Waals surface area contributed by atoms with Gasteiger partial charge in [0.05, 0.1) is 17.9 Å². The lowest BCUT2D eigenvalue weighted by Crippen LogP contribution is -2.06. The van der Waals surface area contributed by atoms with E-state index in [-0.39, 0.29) is 6.04 Å². The Bertz CT molecular complexity index is 482. The molecule has 0 saturated heterocycles. The highest BCUT2D eigenvalue weighted by Gasteiger charge is 2.07. The van der Waals surface area contributed by atoms with E-state index in [1.54, 1.807) is 18.4 Å². The van der Waals surface area contributed by atoms with Crippen LogP contribution in [-0.2, 0) is 0 Å². The number of aromatic nitrogens is 1. The van der Waals surface area contributed by atoms with E-state index in [9.17, 15) is 0 Å². The van der Waals surface area contributed by atoms with Gasteiger partial charge < -0.3 is 9.73 Å². The number of nitriles is 1. The molecule has 0 bridgehead atoms. The topological polar surface area (TPSA) is 61.9 Å². The van der Waals surface area contributed by atoms with E-state index >= 15 is 0 Å². The second-order valence-corrected chi connectivity index (χ2v) is 3.43. The second kappa shape index (κ2) is 4.49. The van der Waals surface area contributed by atoms with Crippen LogP contribution in [0.2, 0.25) is 0 Å². The molecule has 0 radical (unpaired) electrons. The van der Waals surface area contributed by atoms with E-state index in [0.29, 0.717) is 5.56 Å². The Morgan fingerprint density at radius 2 is 2.31 bits per heavy atom. The largest absolute Gasteiger partial charge is 0.467 e. The van der Waals surface area contributed by atoms with Crippen LogP contribution in [0.1, 0.15) is 24.3 Å². The van der Waals surface area contributed by atoms with Crippen molar-refractivity contribution in [3.63, 3.8) is 0 Å². The van der Waals surface area contributed by atoms with Crippen LogP contribution >= 0.6 is 0 Å². The zero-order valence-corrected chi connectivity index (χ0v) is 8.84. The zero-order valence-electron chi connectivity index (χ0n) is 8.84. The third-order valence-electron chi connectivity index (χ3n) is 2.23. The number of furan rings is 1. The summed E-state index contributed by atoms with van der Waals surface area (Å²) in [6.45, 7) is 1.98. The maximum absolute atomic E-state index is 8.64. The van der Waals surface area contributed by atoms with E-state index in [0.717, 1.165) is 11.6 Å². The SMILES string of the molecule is CC(Nc1ccc(C#N)cn1)c1ccco1. The molecule has 1 unspecified atom stereocenters. The zero-order chi connectivity index (χ0) is 11.4. The van der Waals surface area contributed by atoms with E-state index < -0.39 is 0 Å². The molecular formula is C12H11N3O. The van der Waals surface area contributed by atoms with Gasteiger partial charge in [-0.25, -0.2) is 4.98 Å². The summed E-state index contributed by atoms with van der Waals surface area (Å²) < 4.78 is 5.27. The summed E-state index contributed by atoms with van der Waals surface area (Å²) in [5.74, 6) is 1.58. The molecule has 16 heavy (non-hydrogen) atoms. The summed E-state index contributed by atoms with van der Waals surface area (Å²) in [4.78, 5) is 4.12. The van der Waals surface area contributed by atoms with Crippen LogP contribution in [0.4, 0.5) is 5.82 Å². The van der Waals surface area contributed by atoms with Crippen molar-refractivity contribution in [2.75, 3.05) is 5.32 Å². The highest BCUT2D eigenvalue weighted by atomic mass is 16.3. The normalized spacial score (nSPS) is 11.8. The van der Waals surface area contributed by atoms with Gasteiger partial charge in [0.15, 0.2) is 0 Å². The molecule has 0 amide bonds. The van der Waals surface area contributed by atoms with Gasteiger partial charge in [-0.2, -0.15) is 5.26 Å². The minimum Gasteiger partial charge on any atom is -0.467 e. The Kier molecular flexibility index (Phi) is 2.88. The molecule has 80 valence electrons. The summed E-state index contributed by atoms with van der Waals surface area (Å²) in [5, 5.41) is 11.8. The lowest BCUT2D eigenvalue weighted by atomic mass is 10.2. The summed E-state index contributed by atoms with van der Waals surface area (Å²) in [6.07, 6.45) is 3.18. The average Bonchev–Trinajstić information content (AvgIpc) is 2.83. The number of pyridine rings is 1. The first-order chi connectivity index (χ1) is 7.79. The Labute approximate surface area is 93.5 Å². The number of hydrogen-bond donors (Lipinski definition) is 1. The first-order valence-corrected chi connectivity index (χ1v) is 4.95. The highest BCUT2D eigenvalue weighted by Crippen LogP contribution is 2.17. The Morgan fingerprint density at radius 3 is 2.88 bits per heavy atom. The van der Waals surface area contributed by atoms with Gasteiger partial charge in [-0.15, -0.1) is 0 Å². The lowest BCUT2D eigenvalue weighted by molar-refractivity contribution is 0.490. The smallest absolute Gasteiger partial charge is 0.126 e. The minimum absolute atomic E-state index is 0.0513. The van der Waals surface area contributed by atoms with Crippen molar-refractivity contribution < 1.29 is 4.42 Å². The van der Waals surface area contributed by atoms with Gasteiger partial charge in [-0.3, -0.25) is 0 Å². The third-order valence-corrected chi connectivity index (χ3v) is 2.23. The predicted molar refractivity (Wildman–Crippen MR) is 59.7 cm³/mol. The lowest BCUT2D eigenvalue weighted by Gasteiger charge is -2.11. The molecule has 4 nitrogen and oxygen atoms in total. The number of hydrogen-bond acceptors (Lipinski definition) is 4. The Morgan fingerprint density at radius 1 is 1.44 bits per heavy atom. The summed E-state index contributed by atoms with van der Waals surface area (Å²) in [6, 6.07) is 9.33. The van der Waals surface area contributed by atoms with Crippen LogP contribution in [0.25, 0.3) is 0 Å². The third kappa shape index (κ3) is 2.20. The fraction of sp³-hybridized carbons (Fsp3) is 0.167. The summed E-state index contributed by atoms with van der Waals surface area (Å²) >= 11 is 0. The van der Waals surface area contributed by atoms with Crippen molar-refractivity contribution in [1.82, 2.24) is 4.98 Å². The fourth-order valence-corrected chi connectivity index (χ4v) is 1.38. The Balaban J connectivity index is 2.07. The molecule has 2 aromatic rings. The fourth-order valence-electron chi connectivity index (χ4n) is 1.38. The molecule has 2 heterocycles. The molecule has 0 aliphatic rings.